The topological polar surface area (TPSA) is 66.4 Å². The van der Waals surface area contributed by atoms with Crippen LogP contribution in [0.1, 0.15) is 17.2 Å². The molecule has 1 atom stereocenters. The lowest BCUT2D eigenvalue weighted by atomic mass is 10.0. The van der Waals surface area contributed by atoms with Gasteiger partial charge in [-0.1, -0.05) is 42.5 Å². The fraction of sp³-hybridized carbons (Fsp3) is 0.143. The second-order valence-electron chi connectivity index (χ2n) is 4.49. The van der Waals surface area contributed by atoms with Crippen LogP contribution in [0, 0.1) is 0 Å². The number of halogens is 3. The maximum Gasteiger partial charge on any atom is 0.516 e. The molecule has 4 nitrogen and oxygen atoms in total. The predicted molar refractivity (Wildman–Crippen MR) is 75.5 cm³/mol. The van der Waals surface area contributed by atoms with Crippen LogP contribution >= 0.6 is 0 Å². The van der Waals surface area contributed by atoms with E-state index in [1.54, 1.807) is 30.3 Å². The Balaban J connectivity index is 2.28. The number of hydrogen-bond donors (Lipinski definition) is 2. The third kappa shape index (κ3) is 3.58. The molecule has 118 valence electrons. The molecule has 0 amide bonds. The van der Waals surface area contributed by atoms with E-state index < -0.39 is 21.6 Å². The normalized spacial score (nSPS) is 13.6. The molecular weight excluding hydrogens is 319 g/mol. The number of benzene rings is 2. The SMILES string of the molecule is O=S(=O)(Nc1cccc([C@@H](O)c2ccccc2)c1)C(F)(F)F. The lowest BCUT2D eigenvalue weighted by molar-refractivity contribution is -0.0429. The van der Waals surface area contributed by atoms with Crippen molar-refractivity contribution in [2.24, 2.45) is 0 Å². The molecule has 2 rings (SSSR count). The molecular formula is C14H12F3NO3S. The second-order valence-corrected chi connectivity index (χ2v) is 6.16. The molecule has 0 aliphatic rings. The minimum absolute atomic E-state index is 0.272. The summed E-state index contributed by atoms with van der Waals surface area (Å²) in [6.07, 6.45) is -1.07. The second kappa shape index (κ2) is 5.98. The molecule has 0 saturated carbocycles. The Morgan fingerprint density at radius 1 is 0.955 bits per heavy atom. The highest BCUT2D eigenvalue weighted by Crippen LogP contribution is 2.28. The van der Waals surface area contributed by atoms with Gasteiger partial charge >= 0.3 is 15.5 Å². The Labute approximate surface area is 125 Å². The highest BCUT2D eigenvalue weighted by atomic mass is 32.2. The number of aliphatic hydroxyl groups excluding tert-OH is 1. The summed E-state index contributed by atoms with van der Waals surface area (Å²) >= 11 is 0. The van der Waals surface area contributed by atoms with E-state index in [-0.39, 0.29) is 11.3 Å². The van der Waals surface area contributed by atoms with Gasteiger partial charge in [0.2, 0.25) is 0 Å². The van der Waals surface area contributed by atoms with E-state index in [4.69, 9.17) is 0 Å². The van der Waals surface area contributed by atoms with E-state index >= 15 is 0 Å². The maximum atomic E-state index is 12.3. The molecule has 2 N–H and O–H groups in total. The van der Waals surface area contributed by atoms with Crippen LogP contribution in [0.4, 0.5) is 18.9 Å². The third-order valence-electron chi connectivity index (χ3n) is 2.87. The van der Waals surface area contributed by atoms with Crippen LogP contribution < -0.4 is 4.72 Å². The van der Waals surface area contributed by atoms with Crippen molar-refractivity contribution in [2.45, 2.75) is 11.6 Å². The molecule has 0 unspecified atom stereocenters. The lowest BCUT2D eigenvalue weighted by Crippen LogP contribution is -2.29. The third-order valence-corrected chi connectivity index (χ3v) is 3.99. The van der Waals surface area contributed by atoms with Gasteiger partial charge in [0.15, 0.2) is 0 Å². The Hall–Kier alpha value is -2.06. The van der Waals surface area contributed by atoms with Gasteiger partial charge in [0, 0.05) is 5.69 Å². The van der Waals surface area contributed by atoms with Crippen molar-refractivity contribution >= 4 is 15.7 Å². The van der Waals surface area contributed by atoms with Gasteiger partial charge in [0.05, 0.1) is 0 Å². The summed E-state index contributed by atoms with van der Waals surface area (Å²) in [5, 5.41) is 10.2. The first-order valence-corrected chi connectivity index (χ1v) is 7.61. The highest BCUT2D eigenvalue weighted by molar-refractivity contribution is 7.93. The molecule has 0 aromatic heterocycles. The van der Waals surface area contributed by atoms with E-state index in [9.17, 15) is 26.7 Å². The van der Waals surface area contributed by atoms with Gasteiger partial charge in [-0.25, -0.2) is 0 Å². The molecule has 0 heterocycles. The summed E-state index contributed by atoms with van der Waals surface area (Å²) in [6, 6.07) is 13.6. The number of sulfonamides is 1. The average molecular weight is 331 g/mol. The molecule has 22 heavy (non-hydrogen) atoms. The molecule has 0 aliphatic carbocycles. The molecule has 0 radical (unpaired) electrons. The zero-order valence-corrected chi connectivity index (χ0v) is 11.9. The summed E-state index contributed by atoms with van der Waals surface area (Å²) < 4.78 is 60.6. The van der Waals surface area contributed by atoms with Crippen molar-refractivity contribution < 1.29 is 26.7 Å². The van der Waals surface area contributed by atoms with Crippen molar-refractivity contribution in [3.8, 4) is 0 Å². The van der Waals surface area contributed by atoms with Crippen LogP contribution in [0.2, 0.25) is 0 Å². The van der Waals surface area contributed by atoms with Gasteiger partial charge in [0.25, 0.3) is 0 Å². The van der Waals surface area contributed by atoms with E-state index in [0.717, 1.165) is 6.07 Å². The smallest absolute Gasteiger partial charge is 0.384 e. The van der Waals surface area contributed by atoms with Gasteiger partial charge in [-0.2, -0.15) is 21.6 Å². The fourth-order valence-corrected chi connectivity index (χ4v) is 2.37. The zero-order valence-electron chi connectivity index (χ0n) is 11.1. The molecule has 2 aromatic rings. The Morgan fingerprint density at radius 3 is 2.14 bits per heavy atom. The monoisotopic (exact) mass is 331 g/mol. The van der Waals surface area contributed by atoms with Crippen LogP contribution in [0.15, 0.2) is 54.6 Å². The molecule has 0 fully saturated rings. The van der Waals surface area contributed by atoms with Crippen molar-refractivity contribution in [1.82, 2.24) is 0 Å². The van der Waals surface area contributed by atoms with Crippen LogP contribution in [-0.4, -0.2) is 19.0 Å². The molecule has 0 saturated heterocycles. The minimum Gasteiger partial charge on any atom is -0.384 e. The standard InChI is InChI=1S/C14H12F3NO3S/c15-14(16,17)22(20,21)18-12-8-4-7-11(9-12)13(19)10-5-2-1-3-6-10/h1-9,13,18-19H/t13-/m0/s1. The predicted octanol–water partition coefficient (Wildman–Crippen LogP) is 3.03. The van der Waals surface area contributed by atoms with Crippen molar-refractivity contribution in [3.63, 3.8) is 0 Å². The van der Waals surface area contributed by atoms with Crippen molar-refractivity contribution in [1.29, 1.82) is 0 Å². The van der Waals surface area contributed by atoms with Gasteiger partial charge in [0.1, 0.15) is 6.10 Å². The number of anilines is 1. The van der Waals surface area contributed by atoms with Gasteiger partial charge in [-0.3, -0.25) is 4.72 Å². The van der Waals surface area contributed by atoms with Gasteiger partial charge < -0.3 is 5.11 Å². The number of rotatable bonds is 4. The van der Waals surface area contributed by atoms with Crippen LogP contribution in [0.3, 0.4) is 0 Å². The average Bonchev–Trinajstić information content (AvgIpc) is 2.46. The van der Waals surface area contributed by atoms with E-state index in [2.05, 4.69) is 0 Å². The Bertz CT molecular complexity index is 745. The van der Waals surface area contributed by atoms with Gasteiger partial charge in [-0.15, -0.1) is 0 Å². The summed E-state index contributed by atoms with van der Waals surface area (Å²) in [5.41, 5.74) is -4.86. The quantitative estimate of drug-likeness (QED) is 0.905. The Kier molecular flexibility index (Phi) is 4.43. The van der Waals surface area contributed by atoms with E-state index in [0.29, 0.717) is 5.56 Å². The fourth-order valence-electron chi connectivity index (χ4n) is 1.81. The van der Waals surface area contributed by atoms with Crippen molar-refractivity contribution in [3.05, 3.63) is 65.7 Å². The van der Waals surface area contributed by atoms with Crippen LogP contribution in [0.5, 0.6) is 0 Å². The van der Waals surface area contributed by atoms with Crippen molar-refractivity contribution in [2.75, 3.05) is 4.72 Å². The minimum atomic E-state index is -5.49. The number of alkyl halides is 3. The number of aliphatic hydroxyl groups is 1. The first-order valence-electron chi connectivity index (χ1n) is 6.13. The highest BCUT2D eigenvalue weighted by Gasteiger charge is 2.46. The van der Waals surface area contributed by atoms with E-state index in [1.165, 1.54) is 22.9 Å². The molecule has 0 spiro atoms. The maximum absolute atomic E-state index is 12.3. The molecule has 8 heteroatoms. The summed E-state index contributed by atoms with van der Waals surface area (Å²) in [6.45, 7) is 0. The number of hydrogen-bond acceptors (Lipinski definition) is 3. The number of nitrogens with one attached hydrogen (secondary N) is 1. The van der Waals surface area contributed by atoms with E-state index in [1.807, 2.05) is 0 Å². The summed E-state index contributed by atoms with van der Waals surface area (Å²) in [4.78, 5) is 0. The van der Waals surface area contributed by atoms with Gasteiger partial charge in [-0.05, 0) is 23.3 Å². The Morgan fingerprint density at radius 2 is 1.55 bits per heavy atom. The first-order chi connectivity index (χ1) is 10.2. The molecule has 2 aromatic carbocycles. The summed E-state index contributed by atoms with van der Waals surface area (Å²) in [5.74, 6) is 0. The molecule has 0 aliphatic heterocycles. The first kappa shape index (κ1) is 16.3. The molecule has 0 bridgehead atoms. The lowest BCUT2D eigenvalue weighted by Gasteiger charge is -2.14. The van der Waals surface area contributed by atoms with Crippen LogP contribution in [-0.2, 0) is 10.0 Å². The zero-order chi connectivity index (χ0) is 16.4. The van der Waals surface area contributed by atoms with Crippen LogP contribution in [0.25, 0.3) is 0 Å². The largest absolute Gasteiger partial charge is 0.516 e. The summed E-state index contributed by atoms with van der Waals surface area (Å²) in [7, 11) is -5.49.